The van der Waals surface area contributed by atoms with Gasteiger partial charge in [-0.2, -0.15) is 5.10 Å². The molecule has 0 spiro atoms. The van der Waals surface area contributed by atoms with E-state index in [4.69, 9.17) is 0 Å². The van der Waals surface area contributed by atoms with Gasteiger partial charge in [0.05, 0.1) is 27.4 Å². The number of carbonyl (C=O) groups is 1. The van der Waals surface area contributed by atoms with Crippen molar-refractivity contribution in [2.24, 2.45) is 0 Å². The molecule has 1 atom stereocenters. The highest BCUT2D eigenvalue weighted by atomic mass is 32.2. The van der Waals surface area contributed by atoms with Gasteiger partial charge < -0.3 is 5.32 Å². The van der Waals surface area contributed by atoms with Crippen LogP contribution in [0.25, 0.3) is 16.7 Å². The molecule has 34 heavy (non-hydrogen) atoms. The van der Waals surface area contributed by atoms with Crippen molar-refractivity contribution < 1.29 is 13.2 Å². The zero-order valence-electron chi connectivity index (χ0n) is 18.8. The molecule has 1 unspecified atom stereocenters. The number of para-hydroxylation sites is 1. The molecule has 0 bridgehead atoms. The number of nitrogens with zero attached hydrogens (tertiary/aromatic N) is 4. The van der Waals surface area contributed by atoms with Gasteiger partial charge in [-0.1, -0.05) is 30.0 Å². The molecule has 176 valence electrons. The van der Waals surface area contributed by atoms with E-state index in [1.807, 2.05) is 30.3 Å². The lowest BCUT2D eigenvalue weighted by atomic mass is 10.3. The van der Waals surface area contributed by atoms with Crippen molar-refractivity contribution in [3.05, 3.63) is 67.1 Å². The molecular formula is C23H24N6O3S2. The number of rotatable bonds is 8. The average Bonchev–Trinajstić information content (AvgIpc) is 3.24. The summed E-state index contributed by atoms with van der Waals surface area (Å²) < 4.78 is 28.8. The summed E-state index contributed by atoms with van der Waals surface area (Å²) in [6, 6.07) is 15.5. The minimum atomic E-state index is -3.59. The van der Waals surface area contributed by atoms with Gasteiger partial charge in [0.15, 0.2) is 5.65 Å². The first kappa shape index (κ1) is 23.9. The fraction of sp³-hybridized carbons (Fsp3) is 0.217. The van der Waals surface area contributed by atoms with Gasteiger partial charge in [-0.15, -0.1) is 0 Å². The number of hydrogen-bond donors (Lipinski definition) is 2. The van der Waals surface area contributed by atoms with E-state index in [2.05, 4.69) is 25.1 Å². The Labute approximate surface area is 202 Å². The second-order valence-electron chi connectivity index (χ2n) is 7.86. The van der Waals surface area contributed by atoms with Gasteiger partial charge in [0.2, 0.25) is 15.9 Å². The minimum Gasteiger partial charge on any atom is -0.325 e. The fourth-order valence-electron chi connectivity index (χ4n) is 3.24. The van der Waals surface area contributed by atoms with Gasteiger partial charge in [0.25, 0.3) is 0 Å². The van der Waals surface area contributed by atoms with Gasteiger partial charge in [-0.25, -0.2) is 27.8 Å². The molecule has 2 N–H and O–H groups in total. The van der Waals surface area contributed by atoms with Gasteiger partial charge in [0, 0.05) is 11.7 Å². The van der Waals surface area contributed by atoms with Crippen LogP contribution in [0.4, 0.5) is 5.69 Å². The van der Waals surface area contributed by atoms with E-state index in [0.29, 0.717) is 16.4 Å². The summed E-state index contributed by atoms with van der Waals surface area (Å²) >= 11 is 1.30. The highest BCUT2D eigenvalue weighted by Gasteiger charge is 2.20. The zero-order valence-corrected chi connectivity index (χ0v) is 20.5. The van der Waals surface area contributed by atoms with E-state index in [9.17, 15) is 13.2 Å². The summed E-state index contributed by atoms with van der Waals surface area (Å²) in [5.74, 6) is -0.233. The Morgan fingerprint density at radius 2 is 1.71 bits per heavy atom. The van der Waals surface area contributed by atoms with E-state index >= 15 is 0 Å². The maximum atomic E-state index is 12.8. The van der Waals surface area contributed by atoms with E-state index in [1.54, 1.807) is 43.8 Å². The second kappa shape index (κ2) is 9.92. The normalized spacial score (nSPS) is 12.7. The lowest BCUT2D eigenvalue weighted by Crippen LogP contribution is -2.30. The highest BCUT2D eigenvalue weighted by molar-refractivity contribution is 8.00. The molecule has 11 heteroatoms. The van der Waals surface area contributed by atoms with Crippen molar-refractivity contribution >= 4 is 44.4 Å². The Kier molecular flexibility index (Phi) is 6.96. The third kappa shape index (κ3) is 5.27. The molecule has 0 radical (unpaired) electrons. The number of amides is 1. The van der Waals surface area contributed by atoms with Crippen LogP contribution < -0.4 is 10.0 Å². The van der Waals surface area contributed by atoms with Crippen LogP contribution in [0.3, 0.4) is 0 Å². The maximum Gasteiger partial charge on any atom is 0.240 e. The fourth-order valence-corrected chi connectivity index (χ4v) is 5.37. The first-order valence-corrected chi connectivity index (χ1v) is 12.9. The third-order valence-corrected chi connectivity index (χ3v) is 7.60. The summed E-state index contributed by atoms with van der Waals surface area (Å²) in [6.45, 7) is 5.29. The number of nitrogens with one attached hydrogen (secondary N) is 2. The predicted molar refractivity (Wildman–Crippen MR) is 133 cm³/mol. The van der Waals surface area contributed by atoms with E-state index in [-0.39, 0.29) is 16.8 Å². The Morgan fingerprint density at radius 3 is 2.38 bits per heavy atom. The first-order valence-electron chi connectivity index (χ1n) is 10.6. The summed E-state index contributed by atoms with van der Waals surface area (Å²) in [7, 11) is -3.59. The molecule has 0 aliphatic carbocycles. The molecule has 0 saturated carbocycles. The quantitative estimate of drug-likeness (QED) is 0.282. The summed E-state index contributed by atoms with van der Waals surface area (Å²) in [4.78, 5) is 21.6. The summed E-state index contributed by atoms with van der Waals surface area (Å²) in [5, 5.41) is 8.19. The molecule has 2 heterocycles. The van der Waals surface area contributed by atoms with Crippen LogP contribution in [-0.2, 0) is 14.8 Å². The molecule has 1 amide bonds. The van der Waals surface area contributed by atoms with Crippen molar-refractivity contribution in [3.63, 3.8) is 0 Å². The molecule has 0 saturated heterocycles. The van der Waals surface area contributed by atoms with Gasteiger partial charge >= 0.3 is 0 Å². The number of carbonyl (C=O) groups excluding carboxylic acids is 1. The topological polar surface area (TPSA) is 119 Å². The SMILES string of the molecule is CC(C)NS(=O)(=O)c1ccc(NC(=O)C(C)Sc2ncnc3c2cnn3-c2ccccc2)cc1. The largest absolute Gasteiger partial charge is 0.325 e. The predicted octanol–water partition coefficient (Wildman–Crippen LogP) is 3.62. The van der Waals surface area contributed by atoms with Crippen LogP contribution >= 0.6 is 11.8 Å². The van der Waals surface area contributed by atoms with Crippen molar-refractivity contribution in [2.75, 3.05) is 5.32 Å². The van der Waals surface area contributed by atoms with Gasteiger partial charge in [0.1, 0.15) is 11.4 Å². The number of aromatic nitrogens is 4. The van der Waals surface area contributed by atoms with Crippen LogP contribution in [0.2, 0.25) is 0 Å². The number of anilines is 1. The van der Waals surface area contributed by atoms with E-state index in [0.717, 1.165) is 11.1 Å². The van der Waals surface area contributed by atoms with Gasteiger partial charge in [-0.05, 0) is 57.2 Å². The van der Waals surface area contributed by atoms with E-state index < -0.39 is 15.3 Å². The Balaban J connectivity index is 1.47. The zero-order chi connectivity index (χ0) is 24.3. The molecule has 2 aromatic carbocycles. The van der Waals surface area contributed by atoms with Gasteiger partial charge in [-0.3, -0.25) is 4.79 Å². The molecule has 0 aliphatic heterocycles. The number of fused-ring (bicyclic) bond motifs is 1. The van der Waals surface area contributed by atoms with Crippen molar-refractivity contribution in [2.45, 2.75) is 42.0 Å². The van der Waals surface area contributed by atoms with Crippen LogP contribution in [0.5, 0.6) is 0 Å². The average molecular weight is 497 g/mol. The number of hydrogen-bond acceptors (Lipinski definition) is 7. The standard InChI is InChI=1S/C23H24N6O3S2/c1-15(2)28-34(31,32)19-11-9-17(10-12-19)27-22(30)16(3)33-23-20-13-26-29(21(20)24-14-25-23)18-7-5-4-6-8-18/h4-16,28H,1-3H3,(H,27,30). The second-order valence-corrected chi connectivity index (χ2v) is 10.9. The minimum absolute atomic E-state index is 0.139. The van der Waals surface area contributed by atoms with Crippen LogP contribution in [0, 0.1) is 0 Å². The Bertz CT molecular complexity index is 1400. The molecule has 0 fully saturated rings. The molecule has 2 aromatic heterocycles. The molecule has 0 aliphatic rings. The lowest BCUT2D eigenvalue weighted by Gasteiger charge is -2.13. The van der Waals surface area contributed by atoms with Crippen molar-refractivity contribution in [1.82, 2.24) is 24.5 Å². The summed E-state index contributed by atoms with van der Waals surface area (Å²) in [6.07, 6.45) is 3.15. The highest BCUT2D eigenvalue weighted by Crippen LogP contribution is 2.29. The lowest BCUT2D eigenvalue weighted by molar-refractivity contribution is -0.115. The summed E-state index contributed by atoms with van der Waals surface area (Å²) in [5.41, 5.74) is 2.04. The third-order valence-electron chi connectivity index (χ3n) is 4.81. The Hall–Kier alpha value is -3.28. The van der Waals surface area contributed by atoms with Crippen LogP contribution in [0.1, 0.15) is 20.8 Å². The monoisotopic (exact) mass is 496 g/mol. The molecule has 9 nitrogen and oxygen atoms in total. The molecule has 4 aromatic rings. The number of thioether (sulfide) groups is 1. The first-order chi connectivity index (χ1) is 16.2. The Morgan fingerprint density at radius 1 is 1.00 bits per heavy atom. The van der Waals surface area contributed by atoms with Crippen molar-refractivity contribution in [3.8, 4) is 5.69 Å². The number of benzene rings is 2. The van der Waals surface area contributed by atoms with E-state index in [1.165, 1.54) is 30.2 Å². The molecular weight excluding hydrogens is 472 g/mol. The van der Waals surface area contributed by atoms with Crippen molar-refractivity contribution in [1.29, 1.82) is 0 Å². The maximum absolute atomic E-state index is 12.8. The number of sulfonamides is 1. The van der Waals surface area contributed by atoms with Crippen LogP contribution in [-0.4, -0.2) is 45.4 Å². The smallest absolute Gasteiger partial charge is 0.240 e. The van der Waals surface area contributed by atoms with Crippen LogP contribution in [0.15, 0.2) is 77.0 Å². The molecule has 4 rings (SSSR count).